The first-order chi connectivity index (χ1) is 10.1. The molecule has 2 aliphatic rings. The molecule has 0 bridgehead atoms. The van der Waals surface area contributed by atoms with Crippen LogP contribution in [0.4, 0.5) is 4.79 Å². The van der Waals surface area contributed by atoms with Gasteiger partial charge in [0.15, 0.2) is 0 Å². The zero-order valence-corrected chi connectivity index (χ0v) is 12.7. The Morgan fingerprint density at radius 2 is 2.00 bits per heavy atom. The molecule has 6 heteroatoms. The average Bonchev–Trinajstić information content (AvgIpc) is 2.78. The second-order valence-electron chi connectivity index (χ2n) is 6.19. The largest absolute Gasteiger partial charge is 0.481 e. The predicted molar refractivity (Wildman–Crippen MR) is 78.1 cm³/mol. The van der Waals surface area contributed by atoms with Crippen LogP contribution in [0.3, 0.4) is 0 Å². The Labute approximate surface area is 125 Å². The monoisotopic (exact) mass is 298 g/mol. The van der Waals surface area contributed by atoms with Crippen molar-refractivity contribution in [3.8, 4) is 0 Å². The highest BCUT2D eigenvalue weighted by Gasteiger charge is 2.33. The topological polar surface area (TPSA) is 78.9 Å². The molecule has 1 saturated heterocycles. The molecular weight excluding hydrogens is 272 g/mol. The number of carbonyl (C=O) groups is 2. The quantitative estimate of drug-likeness (QED) is 0.774. The van der Waals surface area contributed by atoms with Gasteiger partial charge in [-0.05, 0) is 19.3 Å². The number of nitrogens with one attached hydrogen (secondary N) is 1. The van der Waals surface area contributed by atoms with Gasteiger partial charge in [0.05, 0.1) is 12.5 Å². The molecule has 120 valence electrons. The summed E-state index contributed by atoms with van der Waals surface area (Å²) in [7, 11) is 1.67. The second kappa shape index (κ2) is 7.64. The fourth-order valence-corrected chi connectivity index (χ4v) is 3.41. The van der Waals surface area contributed by atoms with Crippen LogP contribution < -0.4 is 5.32 Å². The zero-order valence-electron chi connectivity index (χ0n) is 12.7. The molecule has 1 saturated carbocycles. The molecular formula is C15H26N2O4. The third-order valence-electron chi connectivity index (χ3n) is 4.62. The minimum Gasteiger partial charge on any atom is -0.481 e. The third-order valence-corrected chi connectivity index (χ3v) is 4.62. The van der Waals surface area contributed by atoms with Crippen LogP contribution in [0.1, 0.15) is 38.5 Å². The summed E-state index contributed by atoms with van der Waals surface area (Å²) < 4.78 is 5.13. The molecule has 0 aromatic rings. The Hall–Kier alpha value is -1.30. The van der Waals surface area contributed by atoms with Gasteiger partial charge in [-0.1, -0.05) is 19.3 Å². The van der Waals surface area contributed by atoms with Crippen LogP contribution in [0.2, 0.25) is 0 Å². The summed E-state index contributed by atoms with van der Waals surface area (Å²) in [5.41, 5.74) is 0. The van der Waals surface area contributed by atoms with Crippen molar-refractivity contribution >= 4 is 12.0 Å². The number of urea groups is 1. The molecule has 0 radical (unpaired) electrons. The van der Waals surface area contributed by atoms with Crippen molar-refractivity contribution in [2.75, 3.05) is 26.8 Å². The van der Waals surface area contributed by atoms with Crippen molar-refractivity contribution in [2.45, 2.75) is 44.6 Å². The van der Waals surface area contributed by atoms with Crippen molar-refractivity contribution in [3.05, 3.63) is 0 Å². The lowest BCUT2D eigenvalue weighted by molar-refractivity contribution is -0.142. The first-order valence-electron chi connectivity index (χ1n) is 7.89. The lowest BCUT2D eigenvalue weighted by Crippen LogP contribution is -2.48. The Bertz CT molecular complexity index is 375. The fourth-order valence-electron chi connectivity index (χ4n) is 3.41. The van der Waals surface area contributed by atoms with Crippen molar-refractivity contribution in [3.63, 3.8) is 0 Å². The van der Waals surface area contributed by atoms with Crippen LogP contribution in [-0.2, 0) is 9.53 Å². The van der Waals surface area contributed by atoms with E-state index < -0.39 is 11.9 Å². The number of hydrogen-bond acceptors (Lipinski definition) is 3. The van der Waals surface area contributed by atoms with Gasteiger partial charge in [-0.3, -0.25) is 4.79 Å². The maximum absolute atomic E-state index is 12.3. The van der Waals surface area contributed by atoms with Crippen molar-refractivity contribution in [1.82, 2.24) is 10.2 Å². The van der Waals surface area contributed by atoms with Crippen molar-refractivity contribution < 1.29 is 19.4 Å². The van der Waals surface area contributed by atoms with Crippen LogP contribution in [-0.4, -0.2) is 54.9 Å². The van der Waals surface area contributed by atoms with Crippen LogP contribution >= 0.6 is 0 Å². The lowest BCUT2D eigenvalue weighted by atomic mass is 9.95. The van der Waals surface area contributed by atoms with Crippen LogP contribution in [0, 0.1) is 11.8 Å². The Kier molecular flexibility index (Phi) is 5.85. The molecule has 2 N–H and O–H groups in total. The summed E-state index contributed by atoms with van der Waals surface area (Å²) in [6.45, 7) is 2.10. The molecule has 0 aromatic heterocycles. The number of hydrogen-bond donors (Lipinski definition) is 2. The molecule has 3 unspecified atom stereocenters. The molecule has 1 aliphatic heterocycles. The van der Waals surface area contributed by atoms with Gasteiger partial charge in [0.25, 0.3) is 0 Å². The summed E-state index contributed by atoms with van der Waals surface area (Å²) in [6.07, 6.45) is 5.35. The molecule has 3 atom stereocenters. The van der Waals surface area contributed by atoms with Gasteiger partial charge in [-0.25, -0.2) is 4.79 Å². The van der Waals surface area contributed by atoms with E-state index in [0.717, 1.165) is 38.6 Å². The summed E-state index contributed by atoms with van der Waals surface area (Å²) in [5, 5.41) is 12.3. The van der Waals surface area contributed by atoms with Crippen LogP contribution in [0.15, 0.2) is 0 Å². The van der Waals surface area contributed by atoms with E-state index in [1.165, 1.54) is 0 Å². The van der Waals surface area contributed by atoms with E-state index in [2.05, 4.69) is 5.32 Å². The Morgan fingerprint density at radius 3 is 2.71 bits per heavy atom. The SMILES string of the molecule is COCC1CCN(C(=O)NC2CCCCCC2C(=O)O)C1. The highest BCUT2D eigenvalue weighted by molar-refractivity contribution is 5.77. The van der Waals surface area contributed by atoms with E-state index in [9.17, 15) is 14.7 Å². The van der Waals surface area contributed by atoms with E-state index in [4.69, 9.17) is 4.74 Å². The number of carboxylic acids is 1. The van der Waals surface area contributed by atoms with Crippen molar-refractivity contribution in [2.24, 2.45) is 11.8 Å². The average molecular weight is 298 g/mol. The molecule has 21 heavy (non-hydrogen) atoms. The van der Waals surface area contributed by atoms with Gasteiger partial charge in [0.1, 0.15) is 0 Å². The molecule has 0 aromatic carbocycles. The number of methoxy groups -OCH3 is 1. The zero-order chi connectivity index (χ0) is 15.2. The molecule has 2 amide bonds. The molecule has 2 rings (SSSR count). The van der Waals surface area contributed by atoms with Gasteiger partial charge in [0, 0.05) is 32.2 Å². The van der Waals surface area contributed by atoms with Crippen molar-refractivity contribution in [1.29, 1.82) is 0 Å². The molecule has 2 fully saturated rings. The number of nitrogens with zero attached hydrogens (tertiary/aromatic N) is 1. The molecule has 6 nitrogen and oxygen atoms in total. The Balaban J connectivity index is 1.89. The van der Waals surface area contributed by atoms with E-state index in [0.29, 0.717) is 25.5 Å². The maximum Gasteiger partial charge on any atom is 0.317 e. The minimum atomic E-state index is -0.791. The fraction of sp³-hybridized carbons (Fsp3) is 0.867. The smallest absolute Gasteiger partial charge is 0.317 e. The van der Waals surface area contributed by atoms with Crippen LogP contribution in [0.25, 0.3) is 0 Å². The van der Waals surface area contributed by atoms with E-state index in [1.807, 2.05) is 0 Å². The third kappa shape index (κ3) is 4.33. The number of carbonyl (C=O) groups excluding carboxylic acids is 1. The van der Waals surface area contributed by atoms with Gasteiger partial charge in [-0.2, -0.15) is 0 Å². The molecule has 1 aliphatic carbocycles. The number of aliphatic carboxylic acids is 1. The number of amides is 2. The predicted octanol–water partition coefficient (Wildman–Crippen LogP) is 1.70. The molecule has 0 spiro atoms. The van der Waals surface area contributed by atoms with Crippen LogP contribution in [0.5, 0.6) is 0 Å². The number of likely N-dealkylation sites (tertiary alicyclic amines) is 1. The van der Waals surface area contributed by atoms with Gasteiger partial charge in [0.2, 0.25) is 0 Å². The first kappa shape index (κ1) is 16.1. The highest BCUT2D eigenvalue weighted by atomic mass is 16.5. The number of ether oxygens (including phenoxy) is 1. The normalized spacial score (nSPS) is 30.0. The first-order valence-corrected chi connectivity index (χ1v) is 7.89. The molecule has 1 heterocycles. The summed E-state index contributed by atoms with van der Waals surface area (Å²) >= 11 is 0. The highest BCUT2D eigenvalue weighted by Crippen LogP contribution is 2.24. The minimum absolute atomic E-state index is 0.119. The number of rotatable bonds is 4. The Morgan fingerprint density at radius 1 is 1.24 bits per heavy atom. The lowest BCUT2D eigenvalue weighted by Gasteiger charge is -2.26. The summed E-state index contributed by atoms with van der Waals surface area (Å²) in [4.78, 5) is 25.5. The van der Waals surface area contributed by atoms with Gasteiger partial charge in [-0.15, -0.1) is 0 Å². The summed E-state index contributed by atoms with van der Waals surface area (Å²) in [6, 6.07) is -0.356. The second-order valence-corrected chi connectivity index (χ2v) is 6.19. The van der Waals surface area contributed by atoms with Gasteiger partial charge < -0.3 is 20.1 Å². The maximum atomic E-state index is 12.3. The van der Waals surface area contributed by atoms with E-state index in [1.54, 1.807) is 12.0 Å². The standard InChI is InChI=1S/C15H26N2O4/c1-21-10-11-7-8-17(9-11)15(20)16-13-6-4-2-3-5-12(13)14(18)19/h11-13H,2-10H2,1H3,(H,16,20)(H,18,19). The van der Waals surface area contributed by atoms with E-state index >= 15 is 0 Å². The van der Waals surface area contributed by atoms with Gasteiger partial charge >= 0.3 is 12.0 Å². The summed E-state index contributed by atoms with van der Waals surface area (Å²) in [5.74, 6) is -0.847. The number of carboxylic acid groups (broad SMARTS) is 1. The van der Waals surface area contributed by atoms with E-state index in [-0.39, 0.29) is 12.1 Å².